The average molecular weight is 622 g/mol. The van der Waals surface area contributed by atoms with Crippen LogP contribution in [0.25, 0.3) is 23.4 Å². The number of rotatable bonds is 8. The van der Waals surface area contributed by atoms with Crippen LogP contribution in [0.1, 0.15) is 62.1 Å². The highest BCUT2D eigenvalue weighted by molar-refractivity contribution is 6.08. The first-order valence-electron chi connectivity index (χ1n) is 16.0. The maximum Gasteiger partial charge on any atom is 0.0882 e. The Kier molecular flexibility index (Phi) is 19.1. The lowest BCUT2D eigenvalue weighted by atomic mass is 9.82. The van der Waals surface area contributed by atoms with Crippen molar-refractivity contribution in [1.82, 2.24) is 20.2 Å². The number of aryl methyl sites for hydroxylation is 1. The van der Waals surface area contributed by atoms with Crippen molar-refractivity contribution in [1.29, 1.82) is 5.41 Å². The maximum absolute atomic E-state index is 8.49. The second-order valence-corrected chi connectivity index (χ2v) is 10.9. The molecule has 6 N–H and O–H groups in total. The molecule has 0 amide bonds. The van der Waals surface area contributed by atoms with E-state index in [9.17, 15) is 0 Å². The van der Waals surface area contributed by atoms with E-state index in [1.807, 2.05) is 52.1 Å². The summed E-state index contributed by atoms with van der Waals surface area (Å²) in [5.74, 6) is 6.61. The van der Waals surface area contributed by atoms with E-state index in [1.165, 1.54) is 24.6 Å². The molecule has 1 atom stereocenters. The zero-order chi connectivity index (χ0) is 34.5. The maximum atomic E-state index is 8.49. The summed E-state index contributed by atoms with van der Waals surface area (Å²) in [6.07, 6.45) is 12.1. The van der Waals surface area contributed by atoms with Crippen molar-refractivity contribution in [2.24, 2.45) is 17.4 Å². The number of benzene rings is 1. The Hall–Kier alpha value is -4.35. The number of nitrogens with one attached hydrogen (secondary N) is 2. The number of nitrogens with zero attached hydrogens (tertiary/aromatic N) is 3. The van der Waals surface area contributed by atoms with Crippen LogP contribution in [0.4, 0.5) is 0 Å². The number of allylic oxidation sites excluding steroid dienone is 3. The molecule has 0 fully saturated rings. The zero-order valence-corrected chi connectivity index (χ0v) is 29.2. The van der Waals surface area contributed by atoms with Gasteiger partial charge in [-0.2, -0.15) is 0 Å². The minimum Gasteiger partial charge on any atom is -0.392 e. The lowest BCUT2D eigenvalue weighted by Gasteiger charge is -2.24. The van der Waals surface area contributed by atoms with E-state index < -0.39 is 0 Å². The lowest BCUT2D eigenvalue weighted by molar-refractivity contribution is 0.407. The van der Waals surface area contributed by atoms with Gasteiger partial charge in [-0.1, -0.05) is 63.6 Å². The molecule has 1 unspecified atom stereocenters. The first-order valence-corrected chi connectivity index (χ1v) is 16.0. The number of likely N-dealkylation sites (N-methyl/N-ethyl adjacent to an activating group) is 2. The molecule has 46 heavy (non-hydrogen) atoms. The summed E-state index contributed by atoms with van der Waals surface area (Å²) in [6, 6.07) is 14.2. The summed E-state index contributed by atoms with van der Waals surface area (Å²) in [5, 5.41) is 11.6. The van der Waals surface area contributed by atoms with E-state index in [0.29, 0.717) is 22.9 Å². The molecule has 1 aliphatic rings. The van der Waals surface area contributed by atoms with Crippen molar-refractivity contribution < 1.29 is 0 Å². The van der Waals surface area contributed by atoms with Crippen molar-refractivity contribution in [2.75, 3.05) is 41.3 Å². The SMILES string of the molecule is C=Cc1ccc(-c2nc(/C=C\C(=N)/C(C)=C(\N)C#Cc3ccncc3)cc3c2CC(C)CC3)cc1.CC.CN.CNCCN(C)C. The van der Waals surface area contributed by atoms with Crippen LogP contribution < -0.4 is 16.8 Å². The highest BCUT2D eigenvalue weighted by Gasteiger charge is 2.21. The van der Waals surface area contributed by atoms with Crippen LogP contribution in [-0.2, 0) is 12.8 Å². The molecule has 0 bridgehead atoms. The Morgan fingerprint density at radius 3 is 2.35 bits per heavy atom. The van der Waals surface area contributed by atoms with Gasteiger partial charge in [0, 0.05) is 42.2 Å². The second kappa shape index (κ2) is 22.2. The van der Waals surface area contributed by atoms with Gasteiger partial charge in [0.25, 0.3) is 0 Å². The fraction of sp³-hybridized carbons (Fsp3) is 0.359. The monoisotopic (exact) mass is 621 g/mol. The number of nitrogens with two attached hydrogens (primary N) is 2. The van der Waals surface area contributed by atoms with Gasteiger partial charge < -0.3 is 27.1 Å². The van der Waals surface area contributed by atoms with Gasteiger partial charge in [-0.3, -0.25) is 4.98 Å². The van der Waals surface area contributed by atoms with Crippen molar-refractivity contribution >= 4 is 17.9 Å². The summed E-state index contributed by atoms with van der Waals surface area (Å²) >= 11 is 0. The molecule has 3 aromatic rings. The van der Waals surface area contributed by atoms with Crippen molar-refractivity contribution in [3.05, 3.63) is 107 Å². The number of pyridine rings is 2. The summed E-state index contributed by atoms with van der Waals surface area (Å²) in [7, 11) is 7.60. The van der Waals surface area contributed by atoms with Crippen molar-refractivity contribution in [3.63, 3.8) is 0 Å². The van der Waals surface area contributed by atoms with E-state index in [-0.39, 0.29) is 0 Å². The lowest BCUT2D eigenvalue weighted by Crippen LogP contribution is -2.23. The fourth-order valence-electron chi connectivity index (χ4n) is 4.49. The van der Waals surface area contributed by atoms with Crippen LogP contribution in [-0.4, -0.2) is 61.9 Å². The first-order chi connectivity index (χ1) is 22.2. The fourth-order valence-corrected chi connectivity index (χ4v) is 4.49. The molecule has 0 saturated carbocycles. The third kappa shape index (κ3) is 13.3. The normalized spacial score (nSPS) is 13.7. The Labute approximate surface area is 278 Å². The number of aromatic nitrogens is 2. The Morgan fingerprint density at radius 1 is 1.13 bits per heavy atom. The largest absolute Gasteiger partial charge is 0.392 e. The summed E-state index contributed by atoms with van der Waals surface area (Å²) in [4.78, 5) is 11.1. The number of fused-ring (bicyclic) bond motifs is 1. The van der Waals surface area contributed by atoms with Gasteiger partial charge in [-0.25, -0.2) is 4.98 Å². The van der Waals surface area contributed by atoms with Crippen LogP contribution in [0.2, 0.25) is 0 Å². The standard InChI is InChI=1S/C31H30N4.C5H14N2.C2H6.CH5N/c1-4-23-6-10-25(11-7-23)31-28-19-21(2)5-9-26(28)20-27(35-31)12-14-30(33)22(3)29(32)13-8-24-15-17-34-18-16-24;1-6-4-5-7(2)3;2*1-2/h4,6-7,10-12,14-18,20-21,33H,1,5,9,19,32H2,2-3H3;6H,4-5H2,1-3H3;1-2H3;2H2,1H3/b14-12-,29-22-,33-30?;;;. The van der Waals surface area contributed by atoms with Crippen LogP contribution in [0.15, 0.2) is 78.8 Å². The summed E-state index contributed by atoms with van der Waals surface area (Å²) in [5.41, 5.74) is 19.6. The Balaban J connectivity index is 0.000000840. The summed E-state index contributed by atoms with van der Waals surface area (Å²) in [6.45, 7) is 14.2. The summed E-state index contributed by atoms with van der Waals surface area (Å²) < 4.78 is 0. The quantitative estimate of drug-likeness (QED) is 0.166. The predicted octanol–water partition coefficient (Wildman–Crippen LogP) is 6.60. The van der Waals surface area contributed by atoms with Gasteiger partial charge in [0.2, 0.25) is 0 Å². The molecule has 1 aromatic carbocycles. The Bertz CT molecular complexity index is 1470. The van der Waals surface area contributed by atoms with Crippen LogP contribution in [0.3, 0.4) is 0 Å². The highest BCUT2D eigenvalue weighted by atomic mass is 15.1. The van der Waals surface area contributed by atoms with Gasteiger partial charge in [-0.15, -0.1) is 0 Å². The molecule has 1 aliphatic carbocycles. The average Bonchev–Trinajstić information content (AvgIpc) is 3.10. The molecule has 0 spiro atoms. The van der Waals surface area contributed by atoms with Gasteiger partial charge in [-0.05, 0) is 113 Å². The van der Waals surface area contributed by atoms with Crippen LogP contribution in [0, 0.1) is 23.2 Å². The van der Waals surface area contributed by atoms with Crippen LogP contribution >= 0.6 is 0 Å². The Morgan fingerprint density at radius 2 is 1.78 bits per heavy atom. The third-order valence-electron chi connectivity index (χ3n) is 7.17. The first kappa shape index (κ1) is 39.7. The topological polar surface area (TPSA) is 117 Å². The third-order valence-corrected chi connectivity index (χ3v) is 7.17. The molecule has 2 heterocycles. The molecular weight excluding hydrogens is 566 g/mol. The van der Waals surface area contributed by atoms with Gasteiger partial charge in [0.15, 0.2) is 0 Å². The highest BCUT2D eigenvalue weighted by Crippen LogP contribution is 2.33. The predicted molar refractivity (Wildman–Crippen MR) is 200 cm³/mol. The smallest absolute Gasteiger partial charge is 0.0882 e. The molecule has 4 rings (SSSR count). The zero-order valence-electron chi connectivity index (χ0n) is 29.2. The minimum atomic E-state index is 0.316. The van der Waals surface area contributed by atoms with E-state index in [1.54, 1.807) is 18.5 Å². The van der Waals surface area contributed by atoms with Gasteiger partial charge in [0.05, 0.1) is 22.8 Å². The van der Waals surface area contributed by atoms with Crippen molar-refractivity contribution in [2.45, 2.75) is 47.0 Å². The molecular formula is C39H55N7. The molecule has 2 aromatic heterocycles. The molecule has 0 saturated heterocycles. The second-order valence-electron chi connectivity index (χ2n) is 10.9. The minimum absolute atomic E-state index is 0.316. The molecule has 0 aliphatic heterocycles. The van der Waals surface area contributed by atoms with Gasteiger partial charge >= 0.3 is 0 Å². The van der Waals surface area contributed by atoms with Crippen LogP contribution in [0.5, 0.6) is 0 Å². The van der Waals surface area contributed by atoms with Crippen molar-refractivity contribution in [3.8, 4) is 23.1 Å². The molecule has 0 radical (unpaired) electrons. The number of hydrogen-bond donors (Lipinski definition) is 4. The van der Waals surface area contributed by atoms with E-state index >= 15 is 0 Å². The van der Waals surface area contributed by atoms with E-state index in [0.717, 1.165) is 54.0 Å². The van der Waals surface area contributed by atoms with E-state index in [4.69, 9.17) is 16.1 Å². The number of hydrogen-bond acceptors (Lipinski definition) is 7. The van der Waals surface area contributed by atoms with Gasteiger partial charge in [0.1, 0.15) is 0 Å². The van der Waals surface area contributed by atoms with E-state index in [2.05, 4.69) is 90.7 Å². The molecule has 7 heteroatoms. The molecule has 246 valence electrons. The molecule has 7 nitrogen and oxygen atoms in total.